The molecular weight excluding hydrogens is 344 g/mol. The lowest BCUT2D eigenvalue weighted by Gasteiger charge is -2.16. The molecule has 0 saturated heterocycles. The van der Waals surface area contributed by atoms with Crippen LogP contribution in [0.4, 0.5) is 5.69 Å². The van der Waals surface area contributed by atoms with Gasteiger partial charge in [-0.3, -0.25) is 9.59 Å². The Morgan fingerprint density at radius 3 is 2.52 bits per heavy atom. The number of primary amides is 1. The lowest BCUT2D eigenvalue weighted by atomic mass is 10.2. The molecule has 2 rings (SSSR count). The minimum Gasteiger partial charge on any atom is -0.484 e. The molecule has 1 atom stereocenters. The van der Waals surface area contributed by atoms with Gasteiger partial charge in [-0.15, -0.1) is 0 Å². The van der Waals surface area contributed by atoms with Crippen molar-refractivity contribution < 1.29 is 19.1 Å². The molecule has 7 heteroatoms. The van der Waals surface area contributed by atoms with Gasteiger partial charge in [0, 0.05) is 5.69 Å². The Balaban J connectivity index is 1.94. The fourth-order valence-electron chi connectivity index (χ4n) is 1.98. The highest BCUT2D eigenvalue weighted by atomic mass is 35.5. The van der Waals surface area contributed by atoms with Crippen LogP contribution in [0.1, 0.15) is 12.5 Å². The first-order valence-corrected chi connectivity index (χ1v) is 7.98. The summed E-state index contributed by atoms with van der Waals surface area (Å²) in [7, 11) is 0. The normalized spacial score (nSPS) is 11.5. The first-order valence-electron chi connectivity index (χ1n) is 7.60. The van der Waals surface area contributed by atoms with E-state index in [2.05, 4.69) is 5.32 Å². The van der Waals surface area contributed by atoms with E-state index < -0.39 is 12.0 Å². The summed E-state index contributed by atoms with van der Waals surface area (Å²) < 4.78 is 10.8. The lowest BCUT2D eigenvalue weighted by Crippen LogP contribution is -2.30. The highest BCUT2D eigenvalue weighted by molar-refractivity contribution is 6.32. The Labute approximate surface area is 150 Å². The summed E-state index contributed by atoms with van der Waals surface area (Å²) >= 11 is 6.07. The number of carbonyl (C=O) groups is 2. The van der Waals surface area contributed by atoms with E-state index >= 15 is 0 Å². The highest BCUT2D eigenvalue weighted by Gasteiger charge is 2.16. The molecule has 0 bridgehead atoms. The SMILES string of the molecule is Cc1ccc(Cl)c(OC(C)C(=O)Nc2ccc(OCC(N)=O)cc2)c1. The quantitative estimate of drug-likeness (QED) is 0.792. The van der Waals surface area contributed by atoms with Gasteiger partial charge in [0.2, 0.25) is 0 Å². The summed E-state index contributed by atoms with van der Waals surface area (Å²) in [5, 5.41) is 3.18. The molecule has 0 heterocycles. The van der Waals surface area contributed by atoms with Gasteiger partial charge in [0.05, 0.1) is 5.02 Å². The molecule has 0 saturated carbocycles. The van der Waals surface area contributed by atoms with E-state index in [-0.39, 0.29) is 12.5 Å². The van der Waals surface area contributed by atoms with Crippen molar-refractivity contribution >= 4 is 29.1 Å². The third kappa shape index (κ3) is 5.69. The third-order valence-corrected chi connectivity index (χ3v) is 3.57. The minimum atomic E-state index is -0.731. The fourth-order valence-corrected chi connectivity index (χ4v) is 2.14. The number of aryl methyl sites for hydroxylation is 1. The molecule has 6 nitrogen and oxygen atoms in total. The maximum atomic E-state index is 12.2. The molecule has 0 aromatic heterocycles. The largest absolute Gasteiger partial charge is 0.484 e. The van der Waals surface area contributed by atoms with Crippen LogP contribution in [-0.4, -0.2) is 24.5 Å². The molecule has 1 unspecified atom stereocenters. The van der Waals surface area contributed by atoms with Crippen molar-refractivity contribution in [1.29, 1.82) is 0 Å². The van der Waals surface area contributed by atoms with Crippen LogP contribution in [0.3, 0.4) is 0 Å². The van der Waals surface area contributed by atoms with E-state index in [9.17, 15) is 9.59 Å². The van der Waals surface area contributed by atoms with Crippen molar-refractivity contribution in [1.82, 2.24) is 0 Å². The van der Waals surface area contributed by atoms with E-state index in [0.717, 1.165) is 5.56 Å². The van der Waals surface area contributed by atoms with Crippen molar-refractivity contribution in [2.24, 2.45) is 5.73 Å². The zero-order valence-corrected chi connectivity index (χ0v) is 14.7. The van der Waals surface area contributed by atoms with E-state index in [0.29, 0.717) is 22.2 Å². The van der Waals surface area contributed by atoms with Crippen molar-refractivity contribution in [2.75, 3.05) is 11.9 Å². The van der Waals surface area contributed by atoms with Gasteiger partial charge in [0.25, 0.3) is 11.8 Å². The number of halogens is 1. The van der Waals surface area contributed by atoms with Crippen LogP contribution in [0.2, 0.25) is 5.02 Å². The Hall–Kier alpha value is -2.73. The second-order valence-corrected chi connectivity index (χ2v) is 5.87. The average molecular weight is 363 g/mol. The van der Waals surface area contributed by atoms with Crippen LogP contribution >= 0.6 is 11.6 Å². The molecule has 25 heavy (non-hydrogen) atoms. The van der Waals surface area contributed by atoms with Gasteiger partial charge in [-0.1, -0.05) is 17.7 Å². The second kappa shape index (κ2) is 8.39. The first-order chi connectivity index (χ1) is 11.8. The van der Waals surface area contributed by atoms with Crippen molar-refractivity contribution in [3.63, 3.8) is 0 Å². The fraction of sp³-hybridized carbons (Fsp3) is 0.222. The zero-order valence-electron chi connectivity index (χ0n) is 13.9. The van der Waals surface area contributed by atoms with Gasteiger partial charge >= 0.3 is 0 Å². The predicted octanol–water partition coefficient (Wildman–Crippen LogP) is 2.92. The summed E-state index contributed by atoms with van der Waals surface area (Å²) in [5.74, 6) is 0.0636. The molecule has 0 aliphatic heterocycles. The molecule has 2 aromatic carbocycles. The average Bonchev–Trinajstić information content (AvgIpc) is 2.57. The summed E-state index contributed by atoms with van der Waals surface area (Å²) in [6, 6.07) is 11.9. The van der Waals surface area contributed by atoms with Crippen LogP contribution in [0.5, 0.6) is 11.5 Å². The Bertz CT molecular complexity index is 762. The Kier molecular flexibility index (Phi) is 6.25. The molecular formula is C18H19ClN2O4. The van der Waals surface area contributed by atoms with Crippen molar-refractivity contribution in [3.05, 3.63) is 53.1 Å². The van der Waals surface area contributed by atoms with Gasteiger partial charge in [0.15, 0.2) is 12.7 Å². The standard InChI is InChI=1S/C18H19ClN2O4/c1-11-3-8-15(19)16(9-11)25-12(2)18(23)21-13-4-6-14(7-5-13)24-10-17(20)22/h3-9,12H,10H2,1-2H3,(H2,20,22)(H,21,23). The first kappa shape index (κ1) is 18.6. The van der Waals surface area contributed by atoms with Gasteiger partial charge in [-0.05, 0) is 55.8 Å². The highest BCUT2D eigenvalue weighted by Crippen LogP contribution is 2.26. The molecule has 0 radical (unpaired) electrons. The minimum absolute atomic E-state index is 0.201. The number of nitrogens with two attached hydrogens (primary N) is 1. The van der Waals surface area contributed by atoms with Crippen LogP contribution in [0, 0.1) is 6.92 Å². The number of hydrogen-bond acceptors (Lipinski definition) is 4. The topological polar surface area (TPSA) is 90.7 Å². The molecule has 0 aliphatic carbocycles. The summed E-state index contributed by atoms with van der Waals surface area (Å²) in [6.07, 6.45) is -0.731. The molecule has 0 fully saturated rings. The van der Waals surface area contributed by atoms with Crippen molar-refractivity contribution in [3.8, 4) is 11.5 Å². The number of anilines is 1. The number of benzene rings is 2. The van der Waals surface area contributed by atoms with E-state index in [1.807, 2.05) is 13.0 Å². The smallest absolute Gasteiger partial charge is 0.265 e. The Morgan fingerprint density at radius 1 is 1.20 bits per heavy atom. The maximum Gasteiger partial charge on any atom is 0.265 e. The zero-order chi connectivity index (χ0) is 18.4. The molecule has 132 valence electrons. The monoisotopic (exact) mass is 362 g/mol. The Morgan fingerprint density at radius 2 is 1.88 bits per heavy atom. The van der Waals surface area contributed by atoms with Gasteiger partial charge in [0.1, 0.15) is 11.5 Å². The van der Waals surface area contributed by atoms with E-state index in [4.69, 9.17) is 26.8 Å². The van der Waals surface area contributed by atoms with E-state index in [1.54, 1.807) is 43.3 Å². The second-order valence-electron chi connectivity index (χ2n) is 5.46. The van der Waals surface area contributed by atoms with Gasteiger partial charge in [-0.25, -0.2) is 0 Å². The van der Waals surface area contributed by atoms with Crippen LogP contribution in [0.25, 0.3) is 0 Å². The van der Waals surface area contributed by atoms with E-state index in [1.165, 1.54) is 0 Å². The molecule has 3 N–H and O–H groups in total. The molecule has 2 amide bonds. The van der Waals surface area contributed by atoms with Crippen LogP contribution in [0.15, 0.2) is 42.5 Å². The number of hydrogen-bond donors (Lipinski definition) is 2. The third-order valence-electron chi connectivity index (χ3n) is 3.26. The van der Waals surface area contributed by atoms with Crippen LogP contribution < -0.4 is 20.5 Å². The summed E-state index contributed by atoms with van der Waals surface area (Å²) in [5.41, 5.74) is 6.56. The number of nitrogens with one attached hydrogen (secondary N) is 1. The predicted molar refractivity (Wildman–Crippen MR) is 96.0 cm³/mol. The molecule has 2 aromatic rings. The summed E-state index contributed by atoms with van der Waals surface area (Å²) in [6.45, 7) is 3.35. The number of ether oxygens (including phenoxy) is 2. The molecule has 0 spiro atoms. The lowest BCUT2D eigenvalue weighted by molar-refractivity contribution is -0.122. The summed E-state index contributed by atoms with van der Waals surface area (Å²) in [4.78, 5) is 22.9. The van der Waals surface area contributed by atoms with Gasteiger partial charge < -0.3 is 20.5 Å². The maximum absolute atomic E-state index is 12.2. The number of amides is 2. The van der Waals surface area contributed by atoms with Crippen molar-refractivity contribution in [2.45, 2.75) is 20.0 Å². The number of carbonyl (C=O) groups excluding carboxylic acids is 2. The van der Waals surface area contributed by atoms with Gasteiger partial charge in [-0.2, -0.15) is 0 Å². The van der Waals surface area contributed by atoms with Crippen LogP contribution in [-0.2, 0) is 9.59 Å². The number of rotatable bonds is 7. The molecule has 0 aliphatic rings.